The molecule has 8 amide bonds. The maximum Gasteiger partial charge on any atom is 0.246 e. The number of nitrogens with zero attached hydrogens (tertiary/aromatic N) is 3. The number of aromatic nitrogens is 1. The zero-order chi connectivity index (χ0) is 48.8. The summed E-state index contributed by atoms with van der Waals surface area (Å²) in [6, 6.07) is 7.52. The smallest absolute Gasteiger partial charge is 0.246 e. The number of aliphatic hydroxyl groups excluding tert-OH is 1. The molecule has 4 aliphatic rings. The molecule has 0 bridgehead atoms. The van der Waals surface area contributed by atoms with Crippen molar-refractivity contribution in [2.45, 2.75) is 147 Å². The van der Waals surface area contributed by atoms with E-state index in [9.17, 15) is 43.5 Å². The Kier molecular flexibility index (Phi) is 15.9. The van der Waals surface area contributed by atoms with Crippen LogP contribution in [-0.4, -0.2) is 146 Å². The fraction of sp³-hybridized carbons (Fsp3) is 0.560. The molecular formula is C50H67N9O9. The van der Waals surface area contributed by atoms with Crippen molar-refractivity contribution < 1.29 is 43.5 Å². The van der Waals surface area contributed by atoms with Gasteiger partial charge in [0.25, 0.3) is 0 Å². The Bertz CT molecular complexity index is 2350. The van der Waals surface area contributed by atoms with E-state index in [1.165, 1.54) is 21.6 Å². The van der Waals surface area contributed by atoms with Crippen LogP contribution in [0.1, 0.15) is 90.7 Å². The first-order valence-electron chi connectivity index (χ1n) is 24.2. The molecular weight excluding hydrogens is 871 g/mol. The molecule has 9 atom stereocenters. The SMILES string of the molecule is CC(C)C[C@@H]1NC(=O)[C@H]([C@H](C)O)NC(=O)[C@@H]2CCCN2C(=O)[C@H](Cc2ccccc2)NC(=O)[C@@H]2CCCN2C(=O)[C@H](Cc2c[nH]c3ccccc23)NC(=O)[C@@H]2CCCN2C(=O)[C@H](C(C)C)NC1=O. The van der Waals surface area contributed by atoms with Gasteiger partial charge in [-0.25, -0.2) is 0 Å². The highest BCUT2D eigenvalue weighted by Crippen LogP contribution is 2.27. The number of carbonyl (C=O) groups excluding carboxylic acids is 8. The minimum atomic E-state index is -1.52. The minimum Gasteiger partial charge on any atom is -0.391 e. The maximum atomic E-state index is 15.0. The topological polar surface area (TPSA) is 242 Å². The first kappa shape index (κ1) is 49.6. The van der Waals surface area contributed by atoms with E-state index in [2.05, 4.69) is 31.6 Å². The van der Waals surface area contributed by atoms with Crippen LogP contribution in [-0.2, 0) is 51.2 Å². The molecule has 7 N–H and O–H groups in total. The lowest BCUT2D eigenvalue weighted by molar-refractivity contribution is -0.146. The average Bonchev–Trinajstić information content (AvgIpc) is 4.16. The Morgan fingerprint density at radius 1 is 0.544 bits per heavy atom. The van der Waals surface area contributed by atoms with Crippen molar-refractivity contribution in [1.29, 1.82) is 0 Å². The quantitative estimate of drug-likeness (QED) is 0.173. The summed E-state index contributed by atoms with van der Waals surface area (Å²) >= 11 is 0. The Morgan fingerprint density at radius 3 is 1.57 bits per heavy atom. The number of benzene rings is 2. The van der Waals surface area contributed by atoms with Gasteiger partial charge in [-0.15, -0.1) is 0 Å². The molecule has 3 aromatic rings. The molecule has 4 fully saturated rings. The third kappa shape index (κ3) is 11.2. The molecule has 4 saturated heterocycles. The van der Waals surface area contributed by atoms with E-state index in [0.29, 0.717) is 32.1 Å². The van der Waals surface area contributed by atoms with Crippen LogP contribution in [0, 0.1) is 11.8 Å². The number of aliphatic hydroxyl groups is 1. The number of fused-ring (bicyclic) bond motifs is 4. The molecule has 2 aromatic carbocycles. The van der Waals surface area contributed by atoms with Gasteiger partial charge in [0.2, 0.25) is 47.3 Å². The molecule has 5 heterocycles. The fourth-order valence-corrected chi connectivity index (χ4v) is 10.2. The molecule has 0 aliphatic carbocycles. The molecule has 18 heteroatoms. The van der Waals surface area contributed by atoms with Crippen LogP contribution in [0.15, 0.2) is 60.8 Å². The van der Waals surface area contributed by atoms with Gasteiger partial charge in [0.1, 0.15) is 48.3 Å². The zero-order valence-electron chi connectivity index (χ0n) is 39.7. The number of H-pyrrole nitrogens is 1. The molecule has 4 aliphatic heterocycles. The van der Waals surface area contributed by atoms with Gasteiger partial charge >= 0.3 is 0 Å². The standard InChI is InChI=1S/C50H67N9O9/c1-28(2)24-35-43(61)55-41(29(3)4)50(68)59-23-13-19-39(59)45(63)54-37(26-32-27-51-34-17-10-9-16-33(32)34)49(67)57-21-11-18-38(57)44(62)53-36(25-31-14-7-6-8-15-31)48(66)58-22-12-20-40(58)46(64)56-42(30(5)60)47(65)52-35/h6-10,14-17,27-30,35-42,51,60H,11-13,18-26H2,1-5H3,(H,52,65)(H,53,62)(H,54,63)(H,55,61)(H,56,64)/t30-,35-,36-,37-,38-,39-,40-,41-,42-/m0/s1. The zero-order valence-corrected chi connectivity index (χ0v) is 39.7. The molecule has 68 heavy (non-hydrogen) atoms. The predicted octanol–water partition coefficient (Wildman–Crippen LogP) is 1.45. The third-order valence-corrected chi connectivity index (χ3v) is 13.8. The Morgan fingerprint density at radius 2 is 1.03 bits per heavy atom. The van der Waals surface area contributed by atoms with Crippen molar-refractivity contribution in [3.8, 4) is 0 Å². The van der Waals surface area contributed by atoms with Crippen LogP contribution < -0.4 is 26.6 Å². The van der Waals surface area contributed by atoms with Gasteiger partial charge in [-0.1, -0.05) is 76.2 Å². The molecule has 0 saturated carbocycles. The summed E-state index contributed by atoms with van der Waals surface area (Å²) in [5, 5.41) is 25.9. The molecule has 366 valence electrons. The van der Waals surface area contributed by atoms with Crippen molar-refractivity contribution >= 4 is 58.2 Å². The van der Waals surface area contributed by atoms with Crippen LogP contribution in [0.5, 0.6) is 0 Å². The second kappa shape index (κ2) is 21.8. The van der Waals surface area contributed by atoms with Gasteiger partial charge in [0.05, 0.1) is 6.10 Å². The highest BCUT2D eigenvalue weighted by Gasteiger charge is 2.45. The van der Waals surface area contributed by atoms with E-state index in [4.69, 9.17) is 0 Å². The monoisotopic (exact) mass is 938 g/mol. The van der Waals surface area contributed by atoms with Gasteiger partial charge in [0.15, 0.2) is 0 Å². The lowest BCUT2D eigenvalue weighted by Crippen LogP contribution is -2.62. The highest BCUT2D eigenvalue weighted by molar-refractivity contribution is 6.00. The molecule has 18 nitrogen and oxygen atoms in total. The number of hydrogen-bond acceptors (Lipinski definition) is 9. The maximum absolute atomic E-state index is 15.0. The normalized spacial score (nSPS) is 27.9. The Labute approximate surface area is 397 Å². The summed E-state index contributed by atoms with van der Waals surface area (Å²) in [5.41, 5.74) is 2.34. The number of carbonyl (C=O) groups is 8. The van der Waals surface area contributed by atoms with Crippen LogP contribution in [0.4, 0.5) is 0 Å². The molecule has 0 unspecified atom stereocenters. The van der Waals surface area contributed by atoms with Crippen molar-refractivity contribution in [1.82, 2.24) is 46.3 Å². The first-order valence-corrected chi connectivity index (χ1v) is 24.2. The average molecular weight is 938 g/mol. The van der Waals surface area contributed by atoms with Gasteiger partial charge in [-0.2, -0.15) is 0 Å². The van der Waals surface area contributed by atoms with Crippen LogP contribution in [0.25, 0.3) is 10.9 Å². The second-order valence-corrected chi connectivity index (χ2v) is 19.6. The summed E-state index contributed by atoms with van der Waals surface area (Å²) in [4.78, 5) is 123. The largest absolute Gasteiger partial charge is 0.391 e. The van der Waals surface area contributed by atoms with Gasteiger partial charge in [-0.05, 0) is 80.9 Å². The van der Waals surface area contributed by atoms with E-state index in [0.717, 1.165) is 22.0 Å². The van der Waals surface area contributed by atoms with Crippen LogP contribution >= 0.6 is 0 Å². The number of hydrogen-bond donors (Lipinski definition) is 7. The summed E-state index contributed by atoms with van der Waals surface area (Å²) in [6.07, 6.45) is 2.90. The number of rotatable bonds is 8. The van der Waals surface area contributed by atoms with Crippen LogP contribution in [0.2, 0.25) is 0 Å². The second-order valence-electron chi connectivity index (χ2n) is 19.6. The number of amides is 8. The number of aromatic amines is 1. The van der Waals surface area contributed by atoms with Crippen LogP contribution in [0.3, 0.4) is 0 Å². The van der Waals surface area contributed by atoms with Gasteiger partial charge in [0, 0.05) is 49.6 Å². The number of para-hydroxylation sites is 1. The minimum absolute atomic E-state index is 0.0666. The molecule has 7 rings (SSSR count). The summed E-state index contributed by atoms with van der Waals surface area (Å²) in [7, 11) is 0. The molecule has 1 aromatic heterocycles. The lowest BCUT2D eigenvalue weighted by atomic mass is 9.98. The summed E-state index contributed by atoms with van der Waals surface area (Å²) in [5.74, 6) is -5.39. The van der Waals surface area contributed by atoms with Crippen molar-refractivity contribution in [2.75, 3.05) is 19.6 Å². The third-order valence-electron chi connectivity index (χ3n) is 13.8. The Balaban J connectivity index is 1.27. The lowest BCUT2D eigenvalue weighted by Gasteiger charge is -2.34. The summed E-state index contributed by atoms with van der Waals surface area (Å²) in [6.45, 7) is 9.18. The van der Waals surface area contributed by atoms with Crippen molar-refractivity contribution in [3.05, 3.63) is 71.9 Å². The highest BCUT2D eigenvalue weighted by atomic mass is 16.3. The Hall–Kier alpha value is -6.30. The van der Waals surface area contributed by atoms with Gasteiger partial charge in [-0.3, -0.25) is 38.4 Å². The summed E-state index contributed by atoms with van der Waals surface area (Å²) < 4.78 is 0. The van der Waals surface area contributed by atoms with E-state index in [1.807, 2.05) is 68.4 Å². The van der Waals surface area contributed by atoms with Gasteiger partial charge < -0.3 is 51.4 Å². The van der Waals surface area contributed by atoms with Crippen molar-refractivity contribution in [3.63, 3.8) is 0 Å². The van der Waals surface area contributed by atoms with E-state index < -0.39 is 108 Å². The first-order chi connectivity index (χ1) is 32.5. The predicted molar refractivity (Wildman–Crippen MR) is 252 cm³/mol. The molecule has 0 spiro atoms. The van der Waals surface area contributed by atoms with E-state index >= 15 is 0 Å². The molecule has 0 radical (unpaired) electrons. The number of nitrogens with one attached hydrogen (secondary N) is 6. The van der Waals surface area contributed by atoms with E-state index in [1.54, 1.807) is 20.0 Å². The van der Waals surface area contributed by atoms with Crippen molar-refractivity contribution in [2.24, 2.45) is 11.8 Å². The van der Waals surface area contributed by atoms with E-state index in [-0.39, 0.29) is 51.2 Å². The fourth-order valence-electron chi connectivity index (χ4n) is 10.2.